The van der Waals surface area contributed by atoms with Crippen LogP contribution in [0.3, 0.4) is 0 Å². The molecule has 3 aromatic carbocycles. The summed E-state index contributed by atoms with van der Waals surface area (Å²) in [6, 6.07) is 20.9. The third kappa shape index (κ3) is 4.49. The van der Waals surface area contributed by atoms with Crippen molar-refractivity contribution in [2.75, 3.05) is 11.4 Å². The molecule has 4 rings (SSSR count). The van der Waals surface area contributed by atoms with E-state index in [0.717, 1.165) is 28.8 Å². The van der Waals surface area contributed by atoms with Gasteiger partial charge in [-0.15, -0.1) is 0 Å². The predicted octanol–water partition coefficient (Wildman–Crippen LogP) is 4.03. The van der Waals surface area contributed by atoms with Crippen molar-refractivity contribution < 1.29 is 14.0 Å². The molecule has 0 fully saturated rings. The maximum Gasteiger partial charge on any atom is 0.315 e. The van der Waals surface area contributed by atoms with Gasteiger partial charge < -0.3 is 15.5 Å². The molecule has 30 heavy (non-hydrogen) atoms. The van der Waals surface area contributed by atoms with Gasteiger partial charge in [-0.25, -0.2) is 9.18 Å². The van der Waals surface area contributed by atoms with Gasteiger partial charge in [-0.1, -0.05) is 42.5 Å². The Morgan fingerprint density at radius 1 is 0.867 bits per heavy atom. The summed E-state index contributed by atoms with van der Waals surface area (Å²) in [5.41, 5.74) is 4.50. The van der Waals surface area contributed by atoms with Crippen LogP contribution in [0.4, 0.5) is 14.9 Å². The number of carbonyl (C=O) groups is 2. The SMILES string of the molecule is O=C(NCc1ccc(F)cc1)NCc1ccc2c(c1)CCN2C(=O)c1ccccc1. The molecule has 0 bridgehead atoms. The Kier molecular flexibility index (Phi) is 5.75. The molecule has 3 amide bonds. The standard InChI is InChI=1S/C24H22FN3O2/c25-21-9-6-17(7-10-21)15-26-24(30)27-16-18-8-11-22-20(14-18)12-13-28(22)23(29)19-4-2-1-3-5-19/h1-11,14H,12-13,15-16H2,(H2,26,27,30). The minimum absolute atomic E-state index is 0.000367. The lowest BCUT2D eigenvalue weighted by molar-refractivity contribution is 0.0989. The van der Waals surface area contributed by atoms with E-state index in [2.05, 4.69) is 10.6 Å². The Hall–Kier alpha value is -3.67. The van der Waals surface area contributed by atoms with Gasteiger partial charge >= 0.3 is 6.03 Å². The third-order valence-electron chi connectivity index (χ3n) is 5.12. The van der Waals surface area contributed by atoms with E-state index in [4.69, 9.17) is 0 Å². The highest BCUT2D eigenvalue weighted by Crippen LogP contribution is 2.30. The highest BCUT2D eigenvalue weighted by atomic mass is 19.1. The minimum Gasteiger partial charge on any atom is -0.334 e. The van der Waals surface area contributed by atoms with Crippen LogP contribution >= 0.6 is 0 Å². The Morgan fingerprint density at radius 3 is 2.27 bits per heavy atom. The van der Waals surface area contributed by atoms with E-state index in [-0.39, 0.29) is 17.8 Å². The number of hydrogen-bond acceptors (Lipinski definition) is 2. The summed E-state index contributed by atoms with van der Waals surface area (Å²) < 4.78 is 12.9. The fourth-order valence-corrected chi connectivity index (χ4v) is 3.54. The van der Waals surface area contributed by atoms with Crippen molar-refractivity contribution in [2.24, 2.45) is 0 Å². The Balaban J connectivity index is 1.33. The second-order valence-electron chi connectivity index (χ2n) is 7.20. The molecule has 2 N–H and O–H groups in total. The number of urea groups is 1. The van der Waals surface area contributed by atoms with E-state index in [9.17, 15) is 14.0 Å². The molecule has 5 nitrogen and oxygen atoms in total. The summed E-state index contributed by atoms with van der Waals surface area (Å²) in [5, 5.41) is 5.58. The molecule has 3 aromatic rings. The molecule has 0 atom stereocenters. The highest BCUT2D eigenvalue weighted by Gasteiger charge is 2.25. The second-order valence-corrected chi connectivity index (χ2v) is 7.20. The zero-order valence-electron chi connectivity index (χ0n) is 16.4. The zero-order chi connectivity index (χ0) is 20.9. The van der Waals surface area contributed by atoms with E-state index in [1.165, 1.54) is 12.1 Å². The van der Waals surface area contributed by atoms with E-state index in [1.54, 1.807) is 17.0 Å². The van der Waals surface area contributed by atoms with Crippen LogP contribution in [-0.2, 0) is 19.5 Å². The van der Waals surface area contributed by atoms with E-state index in [1.807, 2.05) is 48.5 Å². The fraction of sp³-hybridized carbons (Fsp3) is 0.167. The predicted molar refractivity (Wildman–Crippen MR) is 114 cm³/mol. The first-order valence-corrected chi connectivity index (χ1v) is 9.85. The van der Waals surface area contributed by atoms with Gasteiger partial charge in [0.25, 0.3) is 5.91 Å². The van der Waals surface area contributed by atoms with Gasteiger partial charge in [-0.05, 0) is 53.4 Å². The molecule has 1 aliphatic rings. The first-order chi connectivity index (χ1) is 14.6. The summed E-state index contributed by atoms with van der Waals surface area (Å²) in [6.07, 6.45) is 0.790. The van der Waals surface area contributed by atoms with Gasteiger partial charge in [0, 0.05) is 30.9 Å². The lowest BCUT2D eigenvalue weighted by Crippen LogP contribution is -2.34. The molecular weight excluding hydrogens is 381 g/mol. The number of carbonyl (C=O) groups excluding carboxylic acids is 2. The molecule has 6 heteroatoms. The fourth-order valence-electron chi connectivity index (χ4n) is 3.54. The molecule has 0 aromatic heterocycles. The van der Waals surface area contributed by atoms with Crippen LogP contribution in [0, 0.1) is 5.82 Å². The quantitative estimate of drug-likeness (QED) is 0.676. The van der Waals surface area contributed by atoms with Crippen molar-refractivity contribution in [1.29, 1.82) is 0 Å². The average Bonchev–Trinajstić information content (AvgIpc) is 3.20. The number of amides is 3. The number of rotatable bonds is 5. The third-order valence-corrected chi connectivity index (χ3v) is 5.12. The molecule has 0 saturated heterocycles. The largest absolute Gasteiger partial charge is 0.334 e. The molecule has 0 saturated carbocycles. The molecule has 1 aliphatic heterocycles. The summed E-state index contributed by atoms with van der Waals surface area (Å²) in [6.45, 7) is 1.36. The number of hydrogen-bond donors (Lipinski definition) is 2. The van der Waals surface area contributed by atoms with Gasteiger partial charge in [0.15, 0.2) is 0 Å². The molecule has 0 unspecified atom stereocenters. The first-order valence-electron chi connectivity index (χ1n) is 9.85. The smallest absolute Gasteiger partial charge is 0.315 e. The lowest BCUT2D eigenvalue weighted by atomic mass is 10.1. The van der Waals surface area contributed by atoms with Gasteiger partial charge in [0.2, 0.25) is 0 Å². The summed E-state index contributed by atoms with van der Waals surface area (Å²) >= 11 is 0. The molecule has 152 valence electrons. The molecule has 0 aliphatic carbocycles. The van der Waals surface area contributed by atoms with Crippen LogP contribution in [0.25, 0.3) is 0 Å². The Bertz CT molecular complexity index is 1050. The first kappa shape index (κ1) is 19.6. The van der Waals surface area contributed by atoms with Gasteiger partial charge in [-0.2, -0.15) is 0 Å². The normalized spacial score (nSPS) is 12.4. The minimum atomic E-state index is -0.302. The van der Waals surface area contributed by atoms with Crippen LogP contribution in [0.1, 0.15) is 27.0 Å². The second kappa shape index (κ2) is 8.78. The van der Waals surface area contributed by atoms with Crippen molar-refractivity contribution in [3.8, 4) is 0 Å². The highest BCUT2D eigenvalue weighted by molar-refractivity contribution is 6.07. The van der Waals surface area contributed by atoms with Crippen molar-refractivity contribution >= 4 is 17.6 Å². The number of halogens is 1. The number of benzene rings is 3. The summed E-state index contributed by atoms with van der Waals surface area (Å²) in [7, 11) is 0. The summed E-state index contributed by atoms with van der Waals surface area (Å²) in [5.74, 6) is -0.302. The van der Waals surface area contributed by atoms with Crippen molar-refractivity contribution in [1.82, 2.24) is 10.6 Å². The van der Waals surface area contributed by atoms with Gasteiger partial charge in [-0.3, -0.25) is 4.79 Å². The Morgan fingerprint density at radius 2 is 1.53 bits per heavy atom. The van der Waals surface area contributed by atoms with Gasteiger partial charge in [0.1, 0.15) is 5.82 Å². The van der Waals surface area contributed by atoms with E-state index < -0.39 is 0 Å². The average molecular weight is 403 g/mol. The topological polar surface area (TPSA) is 61.4 Å². The number of nitrogens with zero attached hydrogens (tertiary/aromatic N) is 1. The lowest BCUT2D eigenvalue weighted by Gasteiger charge is -2.17. The zero-order valence-corrected chi connectivity index (χ0v) is 16.4. The van der Waals surface area contributed by atoms with Gasteiger partial charge in [0.05, 0.1) is 0 Å². The van der Waals surface area contributed by atoms with E-state index >= 15 is 0 Å². The maximum atomic E-state index is 12.9. The molecular formula is C24H22FN3O2. The van der Waals surface area contributed by atoms with Crippen LogP contribution in [0.15, 0.2) is 72.8 Å². The van der Waals surface area contributed by atoms with Crippen molar-refractivity contribution in [3.05, 3.63) is 101 Å². The number of nitrogens with one attached hydrogen (secondary N) is 2. The van der Waals surface area contributed by atoms with Crippen LogP contribution in [0.2, 0.25) is 0 Å². The molecule has 1 heterocycles. The van der Waals surface area contributed by atoms with Crippen LogP contribution in [0.5, 0.6) is 0 Å². The van der Waals surface area contributed by atoms with E-state index in [0.29, 0.717) is 25.2 Å². The Labute approximate surface area is 174 Å². The molecule has 0 spiro atoms. The van der Waals surface area contributed by atoms with Crippen molar-refractivity contribution in [3.63, 3.8) is 0 Å². The summed E-state index contributed by atoms with van der Waals surface area (Å²) in [4.78, 5) is 26.6. The van der Waals surface area contributed by atoms with Crippen LogP contribution < -0.4 is 15.5 Å². The monoisotopic (exact) mass is 403 g/mol. The van der Waals surface area contributed by atoms with Crippen molar-refractivity contribution in [2.45, 2.75) is 19.5 Å². The molecule has 0 radical (unpaired) electrons. The van der Waals surface area contributed by atoms with Crippen LogP contribution in [-0.4, -0.2) is 18.5 Å². The number of fused-ring (bicyclic) bond motifs is 1. The maximum absolute atomic E-state index is 12.9. The number of anilines is 1.